The van der Waals surface area contributed by atoms with Gasteiger partial charge in [0.2, 0.25) is 0 Å². The molecule has 0 amide bonds. The van der Waals surface area contributed by atoms with E-state index < -0.39 is 5.60 Å². The van der Waals surface area contributed by atoms with Crippen molar-refractivity contribution in [3.05, 3.63) is 0 Å². The van der Waals surface area contributed by atoms with Gasteiger partial charge in [-0.1, -0.05) is 13.8 Å². The Morgan fingerprint density at radius 3 is 2.18 bits per heavy atom. The quantitative estimate of drug-likeness (QED) is 0.769. The van der Waals surface area contributed by atoms with E-state index in [1.54, 1.807) is 0 Å². The Balaban J connectivity index is 2.39. The lowest BCUT2D eigenvalue weighted by Crippen LogP contribution is -2.44. The fourth-order valence-corrected chi connectivity index (χ4v) is 2.33. The second-order valence-electron chi connectivity index (χ2n) is 7.01. The van der Waals surface area contributed by atoms with Crippen LogP contribution in [0.5, 0.6) is 0 Å². The van der Waals surface area contributed by atoms with Crippen molar-refractivity contribution in [1.29, 1.82) is 0 Å². The fourth-order valence-electron chi connectivity index (χ4n) is 2.33. The zero-order valence-corrected chi connectivity index (χ0v) is 12.3. The minimum atomic E-state index is -0.408. The molecule has 0 aliphatic heterocycles. The molecule has 100 valence electrons. The monoisotopic (exact) mass is 241 g/mol. The number of carbonyl (C=O) groups excluding carboxylic acids is 1. The summed E-state index contributed by atoms with van der Waals surface area (Å²) in [5, 5.41) is 3.35. The molecule has 0 radical (unpaired) electrons. The fraction of sp³-hybridized carbons (Fsp3) is 0.929. The van der Waals surface area contributed by atoms with E-state index in [0.29, 0.717) is 17.4 Å². The molecule has 1 saturated carbocycles. The zero-order chi connectivity index (χ0) is 13.4. The van der Waals surface area contributed by atoms with Crippen molar-refractivity contribution >= 4 is 5.97 Å². The molecule has 17 heavy (non-hydrogen) atoms. The van der Waals surface area contributed by atoms with Crippen LogP contribution in [0.15, 0.2) is 0 Å². The van der Waals surface area contributed by atoms with Gasteiger partial charge in [0, 0.05) is 6.04 Å². The highest BCUT2D eigenvalue weighted by Crippen LogP contribution is 2.53. The van der Waals surface area contributed by atoms with Crippen LogP contribution >= 0.6 is 0 Å². The molecule has 0 heterocycles. The summed E-state index contributed by atoms with van der Waals surface area (Å²) in [5.74, 6) is 0.509. The SMILES string of the molecule is C[C@H](N[C@H](C)[C@H]1CC1(C)C)C(=O)OC(C)(C)C. The van der Waals surface area contributed by atoms with E-state index in [9.17, 15) is 4.79 Å². The van der Waals surface area contributed by atoms with Gasteiger partial charge in [-0.25, -0.2) is 0 Å². The number of hydrogen-bond donors (Lipinski definition) is 1. The first-order chi connectivity index (χ1) is 7.53. The van der Waals surface area contributed by atoms with E-state index in [0.717, 1.165) is 0 Å². The Labute approximate surface area is 105 Å². The third kappa shape index (κ3) is 4.30. The number of rotatable bonds is 4. The molecular formula is C14H27NO2. The first-order valence-electron chi connectivity index (χ1n) is 6.52. The Morgan fingerprint density at radius 2 is 1.82 bits per heavy atom. The number of esters is 1. The summed E-state index contributed by atoms with van der Waals surface area (Å²) >= 11 is 0. The Bertz CT molecular complexity index is 291. The molecule has 1 rings (SSSR count). The van der Waals surface area contributed by atoms with Crippen molar-refractivity contribution in [2.24, 2.45) is 11.3 Å². The van der Waals surface area contributed by atoms with Crippen molar-refractivity contribution in [2.75, 3.05) is 0 Å². The summed E-state index contributed by atoms with van der Waals surface area (Å²) in [6.45, 7) is 14.3. The Hall–Kier alpha value is -0.570. The van der Waals surface area contributed by atoms with Crippen LogP contribution in [-0.4, -0.2) is 23.7 Å². The van der Waals surface area contributed by atoms with Crippen LogP contribution in [0.1, 0.15) is 54.9 Å². The highest BCUT2D eigenvalue weighted by atomic mass is 16.6. The molecule has 3 heteroatoms. The number of hydrogen-bond acceptors (Lipinski definition) is 3. The average Bonchev–Trinajstić information content (AvgIpc) is 2.72. The van der Waals surface area contributed by atoms with E-state index in [4.69, 9.17) is 4.74 Å². The molecule has 1 aliphatic carbocycles. The van der Waals surface area contributed by atoms with Gasteiger partial charge < -0.3 is 10.1 Å². The molecule has 1 aliphatic rings. The Kier molecular flexibility index (Phi) is 3.92. The molecule has 0 spiro atoms. The van der Waals surface area contributed by atoms with Crippen molar-refractivity contribution in [3.63, 3.8) is 0 Å². The maximum absolute atomic E-state index is 11.8. The van der Waals surface area contributed by atoms with E-state index in [1.165, 1.54) is 6.42 Å². The number of carbonyl (C=O) groups is 1. The van der Waals surface area contributed by atoms with Crippen LogP contribution in [-0.2, 0) is 9.53 Å². The van der Waals surface area contributed by atoms with Crippen molar-refractivity contribution in [2.45, 2.75) is 72.6 Å². The van der Waals surface area contributed by atoms with Crippen LogP contribution < -0.4 is 5.32 Å². The van der Waals surface area contributed by atoms with Crippen LogP contribution in [0.2, 0.25) is 0 Å². The van der Waals surface area contributed by atoms with Crippen LogP contribution in [0.3, 0.4) is 0 Å². The summed E-state index contributed by atoms with van der Waals surface area (Å²) in [7, 11) is 0. The van der Waals surface area contributed by atoms with Gasteiger partial charge in [0.1, 0.15) is 11.6 Å². The van der Waals surface area contributed by atoms with Gasteiger partial charge >= 0.3 is 5.97 Å². The molecular weight excluding hydrogens is 214 g/mol. The molecule has 3 atom stereocenters. The van der Waals surface area contributed by atoms with Crippen LogP contribution in [0, 0.1) is 11.3 Å². The summed E-state index contributed by atoms with van der Waals surface area (Å²) in [4.78, 5) is 11.8. The summed E-state index contributed by atoms with van der Waals surface area (Å²) in [6.07, 6.45) is 1.24. The van der Waals surface area contributed by atoms with Crippen molar-refractivity contribution < 1.29 is 9.53 Å². The second-order valence-corrected chi connectivity index (χ2v) is 7.01. The van der Waals surface area contributed by atoms with Gasteiger partial charge in [-0.15, -0.1) is 0 Å². The number of ether oxygens (including phenoxy) is 1. The van der Waals surface area contributed by atoms with Crippen molar-refractivity contribution in [3.8, 4) is 0 Å². The average molecular weight is 241 g/mol. The molecule has 0 aromatic carbocycles. The maximum Gasteiger partial charge on any atom is 0.323 e. The van der Waals surface area contributed by atoms with E-state index in [-0.39, 0.29) is 12.0 Å². The predicted molar refractivity (Wildman–Crippen MR) is 69.8 cm³/mol. The van der Waals surface area contributed by atoms with Crippen LogP contribution in [0.4, 0.5) is 0 Å². The highest BCUT2D eigenvalue weighted by Gasteiger charge is 2.48. The molecule has 0 aromatic rings. The maximum atomic E-state index is 11.8. The Morgan fingerprint density at radius 1 is 1.35 bits per heavy atom. The second kappa shape index (κ2) is 4.60. The molecule has 1 N–H and O–H groups in total. The smallest absolute Gasteiger partial charge is 0.323 e. The normalized spacial score (nSPS) is 26.2. The lowest BCUT2D eigenvalue weighted by atomic mass is 10.0. The highest BCUT2D eigenvalue weighted by molar-refractivity contribution is 5.75. The van der Waals surface area contributed by atoms with E-state index in [2.05, 4.69) is 26.1 Å². The first kappa shape index (κ1) is 14.5. The zero-order valence-electron chi connectivity index (χ0n) is 12.3. The topological polar surface area (TPSA) is 38.3 Å². The standard InChI is InChI=1S/C14H27NO2/c1-9(11-8-14(11,6)7)15-10(2)12(16)17-13(3,4)5/h9-11,15H,8H2,1-7H3/t9-,10+,11-/m1/s1. The van der Waals surface area contributed by atoms with Gasteiger partial charge in [0.05, 0.1) is 0 Å². The molecule has 0 saturated heterocycles. The van der Waals surface area contributed by atoms with Crippen LogP contribution in [0.25, 0.3) is 0 Å². The van der Waals surface area contributed by atoms with Gasteiger partial charge in [0.15, 0.2) is 0 Å². The first-order valence-corrected chi connectivity index (χ1v) is 6.52. The van der Waals surface area contributed by atoms with E-state index in [1.807, 2.05) is 27.7 Å². The molecule has 0 aromatic heterocycles. The minimum Gasteiger partial charge on any atom is -0.459 e. The van der Waals surface area contributed by atoms with Gasteiger partial charge in [-0.3, -0.25) is 4.79 Å². The molecule has 0 unspecified atom stereocenters. The third-order valence-corrected chi connectivity index (χ3v) is 3.47. The number of nitrogens with one attached hydrogen (secondary N) is 1. The summed E-state index contributed by atoms with van der Waals surface area (Å²) < 4.78 is 5.35. The summed E-state index contributed by atoms with van der Waals surface area (Å²) in [6, 6.07) is 0.133. The largest absolute Gasteiger partial charge is 0.459 e. The van der Waals surface area contributed by atoms with Gasteiger partial charge in [-0.05, 0) is 52.4 Å². The lowest BCUT2D eigenvalue weighted by Gasteiger charge is -2.25. The third-order valence-electron chi connectivity index (χ3n) is 3.47. The van der Waals surface area contributed by atoms with Gasteiger partial charge in [-0.2, -0.15) is 0 Å². The summed E-state index contributed by atoms with van der Waals surface area (Å²) in [5.41, 5.74) is 0.0230. The van der Waals surface area contributed by atoms with E-state index >= 15 is 0 Å². The van der Waals surface area contributed by atoms with Crippen molar-refractivity contribution in [1.82, 2.24) is 5.32 Å². The molecule has 0 bridgehead atoms. The lowest BCUT2D eigenvalue weighted by molar-refractivity contribution is -0.157. The minimum absolute atomic E-state index is 0.164. The molecule has 1 fully saturated rings. The van der Waals surface area contributed by atoms with Gasteiger partial charge in [0.25, 0.3) is 0 Å². The predicted octanol–water partition coefficient (Wildman–Crippen LogP) is 2.74. The molecule has 3 nitrogen and oxygen atoms in total.